The molecule has 0 aliphatic carbocycles. The largest absolute Gasteiger partial charge is 0.456 e. The third kappa shape index (κ3) is 4.67. The molecule has 8 heteroatoms. The van der Waals surface area contributed by atoms with Gasteiger partial charge in [-0.1, -0.05) is 48.0 Å². The van der Waals surface area contributed by atoms with Gasteiger partial charge in [0.25, 0.3) is 5.91 Å². The highest BCUT2D eigenvalue weighted by molar-refractivity contribution is 7.92. The van der Waals surface area contributed by atoms with E-state index in [0.717, 1.165) is 28.2 Å². The number of halogens is 1. The van der Waals surface area contributed by atoms with Crippen LogP contribution in [0.1, 0.15) is 21.5 Å². The highest BCUT2D eigenvalue weighted by Gasteiger charge is 2.21. The predicted octanol–water partition coefficient (Wildman–Crippen LogP) is 6.77. The summed E-state index contributed by atoms with van der Waals surface area (Å²) >= 11 is 6.21. The van der Waals surface area contributed by atoms with Crippen molar-refractivity contribution in [1.29, 1.82) is 0 Å². The van der Waals surface area contributed by atoms with Crippen molar-refractivity contribution in [2.45, 2.75) is 13.5 Å². The number of fused-ring (bicyclic) bond motifs is 3. The van der Waals surface area contributed by atoms with E-state index < -0.39 is 10.0 Å². The number of rotatable bonds is 6. The molecule has 0 saturated heterocycles. The van der Waals surface area contributed by atoms with E-state index in [9.17, 15) is 13.2 Å². The summed E-state index contributed by atoms with van der Waals surface area (Å²) in [5.74, 6) is -0.275. The lowest BCUT2D eigenvalue weighted by Gasteiger charge is -2.24. The van der Waals surface area contributed by atoms with E-state index in [-0.39, 0.29) is 12.5 Å². The molecule has 182 valence electrons. The molecule has 0 spiro atoms. The van der Waals surface area contributed by atoms with Crippen LogP contribution in [0.2, 0.25) is 5.02 Å². The number of amides is 1. The molecule has 1 amide bonds. The van der Waals surface area contributed by atoms with E-state index >= 15 is 0 Å². The minimum atomic E-state index is -3.56. The Labute approximate surface area is 214 Å². The molecule has 0 unspecified atom stereocenters. The van der Waals surface area contributed by atoms with Crippen LogP contribution in [-0.4, -0.2) is 20.6 Å². The molecule has 4 aromatic carbocycles. The highest BCUT2D eigenvalue weighted by Crippen LogP contribution is 2.31. The minimum Gasteiger partial charge on any atom is -0.456 e. The smallest absolute Gasteiger partial charge is 0.255 e. The molecule has 6 nitrogen and oxygen atoms in total. The minimum absolute atomic E-state index is 0.116. The zero-order valence-corrected chi connectivity index (χ0v) is 21.2. The van der Waals surface area contributed by atoms with Crippen LogP contribution in [-0.2, 0) is 16.6 Å². The van der Waals surface area contributed by atoms with Crippen LogP contribution < -0.4 is 9.62 Å². The van der Waals surface area contributed by atoms with Gasteiger partial charge in [0.2, 0.25) is 10.0 Å². The highest BCUT2D eigenvalue weighted by atomic mass is 35.5. The van der Waals surface area contributed by atoms with E-state index in [0.29, 0.717) is 33.1 Å². The second-order valence-electron chi connectivity index (χ2n) is 8.61. The molecule has 5 rings (SSSR count). The maximum atomic E-state index is 12.9. The van der Waals surface area contributed by atoms with Gasteiger partial charge in [-0.25, -0.2) is 8.42 Å². The molecule has 36 heavy (non-hydrogen) atoms. The van der Waals surface area contributed by atoms with E-state index in [1.165, 1.54) is 4.31 Å². The zero-order chi connectivity index (χ0) is 25.4. The van der Waals surface area contributed by atoms with Gasteiger partial charge in [-0.05, 0) is 60.5 Å². The number of carbonyl (C=O) groups is 1. The van der Waals surface area contributed by atoms with E-state index in [1.54, 1.807) is 55.5 Å². The van der Waals surface area contributed by atoms with Crippen LogP contribution in [0.5, 0.6) is 0 Å². The second kappa shape index (κ2) is 9.33. The lowest BCUT2D eigenvalue weighted by atomic mass is 10.1. The van der Waals surface area contributed by atoms with E-state index in [1.807, 2.05) is 36.4 Å². The van der Waals surface area contributed by atoms with Crippen LogP contribution in [0, 0.1) is 6.92 Å². The Morgan fingerprint density at radius 1 is 0.917 bits per heavy atom. The number of sulfonamides is 1. The molecule has 0 aliphatic rings. The van der Waals surface area contributed by atoms with Crippen molar-refractivity contribution >= 4 is 60.8 Å². The molecule has 0 saturated carbocycles. The molecule has 1 aromatic heterocycles. The van der Waals surface area contributed by atoms with Crippen LogP contribution in [0.15, 0.2) is 89.3 Å². The molecular weight excluding hydrogens is 496 g/mol. The maximum Gasteiger partial charge on any atom is 0.255 e. The van der Waals surface area contributed by atoms with Crippen molar-refractivity contribution in [2.75, 3.05) is 15.9 Å². The number of hydrogen-bond acceptors (Lipinski definition) is 4. The first-order chi connectivity index (χ1) is 17.2. The number of nitrogens with zero attached hydrogens (tertiary/aromatic N) is 1. The fraction of sp³-hybridized carbons (Fsp3) is 0.107. The van der Waals surface area contributed by atoms with Crippen molar-refractivity contribution in [3.05, 3.63) is 107 Å². The Balaban J connectivity index is 1.34. The fourth-order valence-electron chi connectivity index (χ4n) is 4.18. The van der Waals surface area contributed by atoms with Crippen LogP contribution in [0.3, 0.4) is 0 Å². The normalized spacial score (nSPS) is 11.6. The summed E-state index contributed by atoms with van der Waals surface area (Å²) in [5.41, 5.74) is 4.50. The van der Waals surface area contributed by atoms with Gasteiger partial charge in [-0.3, -0.25) is 9.10 Å². The van der Waals surface area contributed by atoms with Crippen molar-refractivity contribution < 1.29 is 17.6 Å². The second-order valence-corrected chi connectivity index (χ2v) is 10.9. The summed E-state index contributed by atoms with van der Waals surface area (Å²) in [5, 5.41) is 5.40. The van der Waals surface area contributed by atoms with Gasteiger partial charge in [0.1, 0.15) is 11.2 Å². The van der Waals surface area contributed by atoms with Crippen LogP contribution in [0.4, 0.5) is 11.4 Å². The lowest BCUT2D eigenvalue weighted by molar-refractivity contribution is 0.102. The molecule has 0 atom stereocenters. The van der Waals surface area contributed by atoms with Crippen LogP contribution in [0.25, 0.3) is 21.9 Å². The van der Waals surface area contributed by atoms with E-state index in [2.05, 4.69) is 5.32 Å². The van der Waals surface area contributed by atoms with Gasteiger partial charge in [0.05, 0.1) is 18.5 Å². The molecular formula is C28H23ClN2O4S. The third-order valence-electron chi connectivity index (χ3n) is 6.09. The number of nitrogens with one attached hydrogen (secondary N) is 1. The van der Waals surface area contributed by atoms with Gasteiger partial charge < -0.3 is 9.73 Å². The van der Waals surface area contributed by atoms with E-state index in [4.69, 9.17) is 16.0 Å². The number of benzene rings is 4. The number of hydrogen-bond donors (Lipinski definition) is 1. The van der Waals surface area contributed by atoms with Crippen molar-refractivity contribution in [1.82, 2.24) is 0 Å². The summed E-state index contributed by atoms with van der Waals surface area (Å²) in [6.45, 7) is 1.90. The van der Waals surface area contributed by atoms with Crippen molar-refractivity contribution in [2.24, 2.45) is 0 Å². The zero-order valence-electron chi connectivity index (χ0n) is 19.7. The van der Waals surface area contributed by atoms with Gasteiger partial charge in [-0.2, -0.15) is 0 Å². The van der Waals surface area contributed by atoms with Gasteiger partial charge >= 0.3 is 0 Å². The van der Waals surface area contributed by atoms with Crippen molar-refractivity contribution in [3.63, 3.8) is 0 Å². The number of anilines is 2. The topological polar surface area (TPSA) is 79.6 Å². The number of para-hydroxylation sites is 1. The summed E-state index contributed by atoms with van der Waals surface area (Å²) in [4.78, 5) is 12.9. The molecule has 0 fully saturated rings. The Morgan fingerprint density at radius 3 is 2.39 bits per heavy atom. The Kier molecular flexibility index (Phi) is 6.20. The molecule has 1 N–H and O–H groups in total. The van der Waals surface area contributed by atoms with Gasteiger partial charge in [0, 0.05) is 33.1 Å². The quantitative estimate of drug-likeness (QED) is 0.269. The fourth-order valence-corrected chi connectivity index (χ4v) is 5.29. The summed E-state index contributed by atoms with van der Waals surface area (Å²) in [6.07, 6.45) is 1.16. The Bertz CT molecular complexity index is 1710. The summed E-state index contributed by atoms with van der Waals surface area (Å²) in [7, 11) is -3.56. The molecule has 0 bridgehead atoms. The SMILES string of the molecule is Cc1c(Cl)cccc1N(Cc1ccc(C(=O)Nc2ccc3c(c2)oc2ccccc23)cc1)S(C)(=O)=O. The van der Waals surface area contributed by atoms with Crippen LogP contribution >= 0.6 is 11.6 Å². The molecule has 5 aromatic rings. The van der Waals surface area contributed by atoms with Gasteiger partial charge in [0.15, 0.2) is 0 Å². The Morgan fingerprint density at radius 2 is 1.64 bits per heavy atom. The number of carbonyl (C=O) groups excluding carboxylic acids is 1. The molecule has 1 heterocycles. The predicted molar refractivity (Wildman–Crippen MR) is 145 cm³/mol. The standard InChI is InChI=1S/C28H23ClN2O4S/c1-18-24(29)7-5-8-25(18)31(36(2,33)34)17-19-10-12-20(13-11-19)28(32)30-21-14-15-23-22-6-3-4-9-26(22)35-27(23)16-21/h3-16H,17H2,1-2H3,(H,30,32). The molecule has 0 radical (unpaired) electrons. The number of furan rings is 1. The molecule has 0 aliphatic heterocycles. The third-order valence-corrected chi connectivity index (χ3v) is 7.62. The first kappa shape index (κ1) is 23.9. The average molecular weight is 519 g/mol. The average Bonchev–Trinajstić information content (AvgIpc) is 3.22. The summed E-state index contributed by atoms with van der Waals surface area (Å²) < 4.78 is 32.3. The van der Waals surface area contributed by atoms with Crippen molar-refractivity contribution in [3.8, 4) is 0 Å². The monoisotopic (exact) mass is 518 g/mol. The van der Waals surface area contributed by atoms with Gasteiger partial charge in [-0.15, -0.1) is 0 Å². The lowest BCUT2D eigenvalue weighted by Crippen LogP contribution is -2.30. The Hall–Kier alpha value is -3.81. The maximum absolute atomic E-state index is 12.9. The first-order valence-electron chi connectivity index (χ1n) is 11.2. The summed E-state index contributed by atoms with van der Waals surface area (Å²) in [6, 6.07) is 25.4. The first-order valence-corrected chi connectivity index (χ1v) is 13.5.